The third kappa shape index (κ3) is 4.32. The molecule has 7 heteroatoms. The Bertz CT molecular complexity index is 940. The first-order valence-corrected chi connectivity index (χ1v) is 10.7. The zero-order valence-electron chi connectivity index (χ0n) is 17.6. The highest BCUT2D eigenvalue weighted by Gasteiger charge is 2.57. The van der Waals surface area contributed by atoms with Gasteiger partial charge in [0.15, 0.2) is 0 Å². The number of benzene rings is 2. The van der Waals surface area contributed by atoms with Gasteiger partial charge in [-0.3, -0.25) is 19.4 Å². The summed E-state index contributed by atoms with van der Waals surface area (Å²) in [6.45, 7) is 2.30. The Morgan fingerprint density at radius 1 is 0.903 bits per heavy atom. The number of hydrogen-bond donors (Lipinski definition) is 1. The fourth-order valence-corrected chi connectivity index (χ4v) is 4.68. The Morgan fingerprint density at radius 2 is 1.48 bits per heavy atom. The first kappa shape index (κ1) is 21.1. The van der Waals surface area contributed by atoms with Crippen LogP contribution in [0, 0.1) is 0 Å². The number of piperidine rings is 1. The van der Waals surface area contributed by atoms with Crippen molar-refractivity contribution in [2.75, 3.05) is 26.2 Å². The Kier molecular flexibility index (Phi) is 6.04. The van der Waals surface area contributed by atoms with Gasteiger partial charge in [0.25, 0.3) is 5.91 Å². The topological polar surface area (TPSA) is 86.9 Å². The third-order valence-electron chi connectivity index (χ3n) is 6.33. The molecular formula is C24H28N4O3. The summed E-state index contributed by atoms with van der Waals surface area (Å²) in [6, 6.07) is 19.7. The van der Waals surface area contributed by atoms with Gasteiger partial charge in [-0.25, -0.2) is 4.79 Å². The number of amides is 4. The van der Waals surface area contributed by atoms with Crippen molar-refractivity contribution < 1.29 is 14.4 Å². The Labute approximate surface area is 182 Å². The highest BCUT2D eigenvalue weighted by Crippen LogP contribution is 2.37. The number of imide groups is 1. The first-order chi connectivity index (χ1) is 15.0. The average molecular weight is 421 g/mol. The van der Waals surface area contributed by atoms with Crippen LogP contribution in [-0.4, -0.2) is 64.3 Å². The van der Waals surface area contributed by atoms with E-state index in [4.69, 9.17) is 5.73 Å². The molecule has 1 spiro atoms. The summed E-state index contributed by atoms with van der Waals surface area (Å²) in [4.78, 5) is 43.0. The molecule has 2 aromatic carbocycles. The molecular weight excluding hydrogens is 392 g/mol. The summed E-state index contributed by atoms with van der Waals surface area (Å²) in [5.41, 5.74) is 6.76. The van der Waals surface area contributed by atoms with E-state index in [0.717, 1.165) is 17.0 Å². The standard InChI is InChI=1S/C24H28N4O3/c25-21(29)18-27-22(30)24(28(23(27)31)14-11-19-7-3-1-4-8-19)12-15-26(16-13-24)17-20-9-5-2-6-10-20/h1-10H,11-18H2,(H2,25,29). The van der Waals surface area contributed by atoms with Crippen LogP contribution in [-0.2, 0) is 22.6 Å². The maximum atomic E-state index is 13.4. The Morgan fingerprint density at radius 3 is 2.06 bits per heavy atom. The van der Waals surface area contributed by atoms with Crippen LogP contribution in [0.2, 0.25) is 0 Å². The highest BCUT2D eigenvalue weighted by atomic mass is 16.2. The molecule has 7 nitrogen and oxygen atoms in total. The van der Waals surface area contributed by atoms with Crippen molar-refractivity contribution >= 4 is 17.8 Å². The minimum atomic E-state index is -0.894. The summed E-state index contributed by atoms with van der Waals surface area (Å²) in [5.74, 6) is -0.966. The van der Waals surface area contributed by atoms with E-state index in [1.165, 1.54) is 5.56 Å². The maximum Gasteiger partial charge on any atom is 0.328 e. The van der Waals surface area contributed by atoms with Crippen LogP contribution >= 0.6 is 0 Å². The fourth-order valence-electron chi connectivity index (χ4n) is 4.68. The van der Waals surface area contributed by atoms with E-state index in [0.29, 0.717) is 38.9 Å². The molecule has 31 heavy (non-hydrogen) atoms. The van der Waals surface area contributed by atoms with Gasteiger partial charge in [0, 0.05) is 26.2 Å². The summed E-state index contributed by atoms with van der Waals surface area (Å²) in [5, 5.41) is 0. The molecule has 2 saturated heterocycles. The van der Waals surface area contributed by atoms with Crippen molar-refractivity contribution in [1.82, 2.24) is 14.7 Å². The van der Waals surface area contributed by atoms with Crippen LogP contribution in [0.15, 0.2) is 60.7 Å². The molecule has 0 aromatic heterocycles. The van der Waals surface area contributed by atoms with Crippen LogP contribution < -0.4 is 5.73 Å². The number of nitrogens with zero attached hydrogens (tertiary/aromatic N) is 3. The number of carbonyl (C=O) groups is 3. The number of carbonyl (C=O) groups excluding carboxylic acids is 3. The molecule has 2 aromatic rings. The number of nitrogens with two attached hydrogens (primary N) is 1. The molecule has 2 aliphatic rings. The molecule has 4 amide bonds. The van der Waals surface area contributed by atoms with Crippen LogP contribution in [0.5, 0.6) is 0 Å². The molecule has 0 atom stereocenters. The molecule has 4 rings (SSSR count). The van der Waals surface area contributed by atoms with E-state index in [9.17, 15) is 14.4 Å². The number of likely N-dealkylation sites (tertiary alicyclic amines) is 1. The second-order valence-corrected chi connectivity index (χ2v) is 8.32. The molecule has 0 bridgehead atoms. The van der Waals surface area contributed by atoms with Gasteiger partial charge in [-0.15, -0.1) is 0 Å². The molecule has 0 saturated carbocycles. The zero-order chi connectivity index (χ0) is 21.8. The lowest BCUT2D eigenvalue weighted by Crippen LogP contribution is -2.56. The minimum absolute atomic E-state index is 0.288. The van der Waals surface area contributed by atoms with E-state index in [2.05, 4.69) is 17.0 Å². The van der Waals surface area contributed by atoms with Crippen molar-refractivity contribution in [3.8, 4) is 0 Å². The molecule has 2 fully saturated rings. The number of hydrogen-bond acceptors (Lipinski definition) is 4. The average Bonchev–Trinajstić information content (AvgIpc) is 2.96. The van der Waals surface area contributed by atoms with Crippen molar-refractivity contribution in [2.45, 2.75) is 31.3 Å². The normalized spacial score (nSPS) is 18.7. The van der Waals surface area contributed by atoms with Crippen molar-refractivity contribution in [3.05, 3.63) is 71.8 Å². The predicted molar refractivity (Wildman–Crippen MR) is 117 cm³/mol. The van der Waals surface area contributed by atoms with E-state index in [1.807, 2.05) is 48.5 Å². The quantitative estimate of drug-likeness (QED) is 0.695. The number of urea groups is 1. The van der Waals surface area contributed by atoms with Gasteiger partial charge in [-0.05, 0) is 30.4 Å². The SMILES string of the molecule is NC(=O)CN1C(=O)N(CCc2ccccc2)C2(CCN(Cc3ccccc3)CC2)C1=O. The van der Waals surface area contributed by atoms with Gasteiger partial charge in [-0.1, -0.05) is 60.7 Å². The zero-order valence-corrected chi connectivity index (χ0v) is 17.6. The monoisotopic (exact) mass is 420 g/mol. The van der Waals surface area contributed by atoms with E-state index in [-0.39, 0.29) is 12.5 Å². The molecule has 0 aliphatic carbocycles. The van der Waals surface area contributed by atoms with Crippen LogP contribution in [0.4, 0.5) is 4.79 Å². The lowest BCUT2D eigenvalue weighted by atomic mass is 9.85. The first-order valence-electron chi connectivity index (χ1n) is 10.7. The largest absolute Gasteiger partial charge is 0.368 e. The summed E-state index contributed by atoms with van der Waals surface area (Å²) in [7, 11) is 0. The second-order valence-electron chi connectivity index (χ2n) is 8.32. The van der Waals surface area contributed by atoms with Gasteiger partial charge < -0.3 is 10.6 Å². The van der Waals surface area contributed by atoms with E-state index >= 15 is 0 Å². The van der Waals surface area contributed by atoms with Gasteiger partial charge in [0.2, 0.25) is 5.91 Å². The predicted octanol–water partition coefficient (Wildman–Crippen LogP) is 2.01. The summed E-state index contributed by atoms with van der Waals surface area (Å²) < 4.78 is 0. The maximum absolute atomic E-state index is 13.4. The molecule has 0 unspecified atom stereocenters. The van der Waals surface area contributed by atoms with Crippen molar-refractivity contribution in [2.24, 2.45) is 5.73 Å². The Hall–Kier alpha value is -3.19. The van der Waals surface area contributed by atoms with E-state index < -0.39 is 17.5 Å². The van der Waals surface area contributed by atoms with Crippen LogP contribution in [0.1, 0.15) is 24.0 Å². The van der Waals surface area contributed by atoms with Crippen molar-refractivity contribution in [3.63, 3.8) is 0 Å². The Balaban J connectivity index is 1.51. The number of rotatable bonds is 7. The summed E-state index contributed by atoms with van der Waals surface area (Å²) >= 11 is 0. The van der Waals surface area contributed by atoms with E-state index in [1.54, 1.807) is 4.90 Å². The second kappa shape index (κ2) is 8.89. The molecule has 2 aliphatic heterocycles. The molecule has 0 radical (unpaired) electrons. The van der Waals surface area contributed by atoms with Gasteiger partial charge >= 0.3 is 6.03 Å². The highest BCUT2D eigenvalue weighted by molar-refractivity contribution is 6.09. The smallest absolute Gasteiger partial charge is 0.328 e. The minimum Gasteiger partial charge on any atom is -0.368 e. The molecule has 162 valence electrons. The van der Waals surface area contributed by atoms with Gasteiger partial charge in [0.05, 0.1) is 0 Å². The fraction of sp³-hybridized carbons (Fsp3) is 0.375. The van der Waals surface area contributed by atoms with Gasteiger partial charge in [-0.2, -0.15) is 0 Å². The number of primary amides is 1. The lowest BCUT2D eigenvalue weighted by molar-refractivity contribution is -0.137. The van der Waals surface area contributed by atoms with Gasteiger partial charge in [0.1, 0.15) is 12.1 Å². The summed E-state index contributed by atoms with van der Waals surface area (Å²) in [6.07, 6.45) is 1.75. The lowest BCUT2D eigenvalue weighted by Gasteiger charge is -2.42. The third-order valence-corrected chi connectivity index (χ3v) is 6.33. The van der Waals surface area contributed by atoms with Crippen LogP contribution in [0.25, 0.3) is 0 Å². The molecule has 2 heterocycles. The van der Waals surface area contributed by atoms with Crippen LogP contribution in [0.3, 0.4) is 0 Å². The van der Waals surface area contributed by atoms with Crippen molar-refractivity contribution in [1.29, 1.82) is 0 Å². The molecule has 2 N–H and O–H groups in total.